The molecule has 0 bridgehead atoms. The zero-order chi connectivity index (χ0) is 11.1. The van der Waals surface area contributed by atoms with Crippen molar-refractivity contribution in [2.75, 3.05) is 25.6 Å². The quantitative estimate of drug-likeness (QED) is 0.594. The average Bonchev–Trinajstić information content (AvgIpc) is 2.16. The van der Waals surface area contributed by atoms with Gasteiger partial charge in [0.15, 0.2) is 0 Å². The third kappa shape index (κ3) is 5.16. The first-order valence-corrected chi connectivity index (χ1v) is 5.97. The molecule has 1 heterocycles. The molecule has 0 saturated heterocycles. The molecule has 84 valence electrons. The van der Waals surface area contributed by atoms with E-state index in [-0.39, 0.29) is 6.61 Å². The van der Waals surface area contributed by atoms with Crippen LogP contribution in [0.1, 0.15) is 11.3 Å². The van der Waals surface area contributed by atoms with Gasteiger partial charge in [-0.2, -0.15) is 0 Å². The Morgan fingerprint density at radius 1 is 1.33 bits per heavy atom. The molecule has 0 aliphatic rings. The molecule has 0 radical (unpaired) electrons. The topological polar surface area (TPSA) is 42.4 Å². The van der Waals surface area contributed by atoms with E-state index >= 15 is 0 Å². The van der Waals surface area contributed by atoms with Crippen LogP contribution in [0.25, 0.3) is 0 Å². The number of thioether (sulfide) groups is 1. The third-order valence-electron chi connectivity index (χ3n) is 1.79. The van der Waals surface area contributed by atoms with E-state index in [1.807, 2.05) is 6.92 Å². The Kier molecular flexibility index (Phi) is 5.68. The van der Waals surface area contributed by atoms with Gasteiger partial charge < -0.3 is 9.84 Å². The van der Waals surface area contributed by atoms with Crippen LogP contribution >= 0.6 is 11.8 Å². The maximum atomic E-state index is 8.51. The van der Waals surface area contributed by atoms with Crippen LogP contribution in [0.2, 0.25) is 0 Å². The molecule has 0 saturated carbocycles. The lowest BCUT2D eigenvalue weighted by atomic mass is 10.3. The van der Waals surface area contributed by atoms with Gasteiger partial charge in [0.1, 0.15) is 0 Å². The Labute approximate surface area is 94.9 Å². The van der Waals surface area contributed by atoms with E-state index in [0.717, 1.165) is 16.5 Å². The summed E-state index contributed by atoms with van der Waals surface area (Å²) in [6, 6.07) is 4.13. The second-order valence-electron chi connectivity index (χ2n) is 3.31. The van der Waals surface area contributed by atoms with Crippen molar-refractivity contribution in [3.63, 3.8) is 0 Å². The highest BCUT2D eigenvalue weighted by molar-refractivity contribution is 7.99. The molecule has 1 N–H and O–H groups in total. The third-order valence-corrected chi connectivity index (χ3v) is 2.66. The van der Waals surface area contributed by atoms with Crippen LogP contribution in [-0.4, -0.2) is 35.7 Å². The molecule has 4 heteroatoms. The number of aliphatic hydroxyl groups is 1. The second kappa shape index (κ2) is 6.82. The summed E-state index contributed by atoms with van der Waals surface area (Å²) in [6.45, 7) is 5.23. The largest absolute Gasteiger partial charge is 0.394 e. The van der Waals surface area contributed by atoms with E-state index in [0.29, 0.717) is 13.2 Å². The molecular formula is C11H17NO2S. The fourth-order valence-electron chi connectivity index (χ4n) is 1.25. The Balaban J connectivity index is 2.31. The first kappa shape index (κ1) is 12.5. The summed E-state index contributed by atoms with van der Waals surface area (Å²) in [6.07, 6.45) is 0. The van der Waals surface area contributed by atoms with Crippen LogP contribution in [0.15, 0.2) is 17.2 Å². The van der Waals surface area contributed by atoms with Crippen LogP contribution in [0.3, 0.4) is 0 Å². The number of rotatable bonds is 6. The van der Waals surface area contributed by atoms with Gasteiger partial charge in [-0.3, -0.25) is 0 Å². The van der Waals surface area contributed by atoms with Crippen molar-refractivity contribution in [2.24, 2.45) is 0 Å². The zero-order valence-electron chi connectivity index (χ0n) is 9.19. The summed E-state index contributed by atoms with van der Waals surface area (Å²) in [7, 11) is 0. The molecule has 0 fully saturated rings. The molecule has 3 nitrogen and oxygen atoms in total. The van der Waals surface area contributed by atoms with Gasteiger partial charge in [-0.25, -0.2) is 4.98 Å². The smallest absolute Gasteiger partial charge is 0.0966 e. The van der Waals surface area contributed by atoms with Crippen molar-refractivity contribution in [3.05, 3.63) is 23.4 Å². The number of nitrogens with zero attached hydrogens (tertiary/aromatic N) is 1. The minimum Gasteiger partial charge on any atom is -0.394 e. The van der Waals surface area contributed by atoms with Crippen molar-refractivity contribution in [1.82, 2.24) is 4.98 Å². The minimum atomic E-state index is 0.0898. The molecule has 0 amide bonds. The van der Waals surface area contributed by atoms with Gasteiger partial charge in [0.05, 0.1) is 24.8 Å². The van der Waals surface area contributed by atoms with Gasteiger partial charge >= 0.3 is 0 Å². The first-order chi connectivity index (χ1) is 7.22. The molecule has 1 rings (SSSR count). The molecule has 1 aromatic heterocycles. The van der Waals surface area contributed by atoms with Crippen molar-refractivity contribution < 1.29 is 9.84 Å². The van der Waals surface area contributed by atoms with Gasteiger partial charge in [-0.15, -0.1) is 11.8 Å². The highest BCUT2D eigenvalue weighted by atomic mass is 32.2. The molecule has 0 aromatic carbocycles. The molecule has 0 aliphatic carbocycles. The average molecular weight is 227 g/mol. The number of ether oxygens (including phenoxy) is 1. The lowest BCUT2D eigenvalue weighted by molar-refractivity contribution is 0.103. The molecule has 0 unspecified atom stereocenters. The van der Waals surface area contributed by atoms with Crippen molar-refractivity contribution in [1.29, 1.82) is 0 Å². The number of hydrogen-bond acceptors (Lipinski definition) is 4. The van der Waals surface area contributed by atoms with Crippen LogP contribution in [0.4, 0.5) is 0 Å². The fourth-order valence-corrected chi connectivity index (χ4v) is 2.14. The molecule has 15 heavy (non-hydrogen) atoms. The number of pyridine rings is 1. The lowest BCUT2D eigenvalue weighted by Crippen LogP contribution is -2.02. The van der Waals surface area contributed by atoms with Crippen molar-refractivity contribution in [3.8, 4) is 0 Å². The Morgan fingerprint density at radius 2 is 2.13 bits per heavy atom. The number of aromatic nitrogens is 1. The number of hydrogen-bond donors (Lipinski definition) is 1. The summed E-state index contributed by atoms with van der Waals surface area (Å²) < 4.78 is 5.17. The van der Waals surface area contributed by atoms with Gasteiger partial charge in [0.2, 0.25) is 0 Å². The Bertz CT molecular complexity index is 284. The van der Waals surface area contributed by atoms with E-state index in [4.69, 9.17) is 9.84 Å². The first-order valence-electron chi connectivity index (χ1n) is 4.99. The molecule has 1 aromatic rings. The summed E-state index contributed by atoms with van der Waals surface area (Å²) in [5, 5.41) is 9.55. The minimum absolute atomic E-state index is 0.0898. The summed E-state index contributed by atoms with van der Waals surface area (Å²) >= 11 is 1.68. The normalized spacial score (nSPS) is 10.6. The highest BCUT2D eigenvalue weighted by Crippen LogP contribution is 2.17. The summed E-state index contributed by atoms with van der Waals surface area (Å²) in [5.41, 5.74) is 2.29. The van der Waals surface area contributed by atoms with Crippen LogP contribution < -0.4 is 0 Å². The van der Waals surface area contributed by atoms with Crippen molar-refractivity contribution in [2.45, 2.75) is 18.9 Å². The SMILES string of the molecule is Cc1cc(C)nc(SCCOCCO)c1. The predicted molar refractivity (Wildman–Crippen MR) is 62.3 cm³/mol. The van der Waals surface area contributed by atoms with Crippen molar-refractivity contribution >= 4 is 11.8 Å². The second-order valence-corrected chi connectivity index (χ2v) is 4.42. The van der Waals surface area contributed by atoms with Crippen LogP contribution in [-0.2, 0) is 4.74 Å². The zero-order valence-corrected chi connectivity index (χ0v) is 10.0. The van der Waals surface area contributed by atoms with E-state index in [9.17, 15) is 0 Å². The van der Waals surface area contributed by atoms with Gasteiger partial charge in [0, 0.05) is 11.4 Å². The van der Waals surface area contributed by atoms with E-state index in [2.05, 4.69) is 24.0 Å². The van der Waals surface area contributed by atoms with Crippen LogP contribution in [0, 0.1) is 13.8 Å². The monoisotopic (exact) mass is 227 g/mol. The van der Waals surface area contributed by atoms with Crippen LogP contribution in [0.5, 0.6) is 0 Å². The van der Waals surface area contributed by atoms with Gasteiger partial charge in [0.25, 0.3) is 0 Å². The Hall–Kier alpha value is -0.580. The maximum Gasteiger partial charge on any atom is 0.0966 e. The van der Waals surface area contributed by atoms with E-state index in [1.165, 1.54) is 5.56 Å². The molecule has 0 spiro atoms. The standard InChI is InChI=1S/C11H17NO2S/c1-9-7-10(2)12-11(8-9)15-6-5-14-4-3-13/h7-8,13H,3-6H2,1-2H3. The highest BCUT2D eigenvalue weighted by Gasteiger charge is 1.98. The molecular weight excluding hydrogens is 210 g/mol. The number of aryl methyl sites for hydroxylation is 2. The molecule has 0 aliphatic heterocycles. The summed E-state index contributed by atoms with van der Waals surface area (Å²) in [5.74, 6) is 0.871. The number of aliphatic hydroxyl groups excluding tert-OH is 1. The molecule has 0 atom stereocenters. The van der Waals surface area contributed by atoms with E-state index < -0.39 is 0 Å². The predicted octanol–water partition coefficient (Wildman–Crippen LogP) is 1.80. The van der Waals surface area contributed by atoms with Gasteiger partial charge in [-0.05, 0) is 31.5 Å². The lowest BCUT2D eigenvalue weighted by Gasteiger charge is -2.04. The summed E-state index contributed by atoms with van der Waals surface area (Å²) in [4.78, 5) is 4.41. The van der Waals surface area contributed by atoms with Gasteiger partial charge in [-0.1, -0.05) is 0 Å². The maximum absolute atomic E-state index is 8.51. The fraction of sp³-hybridized carbons (Fsp3) is 0.545. The Morgan fingerprint density at radius 3 is 2.80 bits per heavy atom. The van der Waals surface area contributed by atoms with E-state index in [1.54, 1.807) is 11.8 Å².